The molecule has 1 aliphatic rings. The Balaban J connectivity index is 1.62. The second-order valence-corrected chi connectivity index (χ2v) is 13.5. The van der Waals surface area contributed by atoms with E-state index in [9.17, 15) is 10.2 Å². The van der Waals surface area contributed by atoms with Crippen LogP contribution in [0.3, 0.4) is 0 Å². The molecular weight excluding hydrogens is 449 g/mol. The van der Waals surface area contributed by atoms with Gasteiger partial charge in [0.1, 0.15) is 11.5 Å². The van der Waals surface area contributed by atoms with Crippen LogP contribution in [-0.2, 0) is 19.9 Å². The predicted molar refractivity (Wildman–Crippen MR) is 131 cm³/mol. The molecule has 4 nitrogen and oxygen atoms in total. The van der Waals surface area contributed by atoms with Gasteiger partial charge in [-0.05, 0) is 46.3 Å². The molecule has 0 aliphatic carbocycles. The van der Waals surface area contributed by atoms with E-state index in [-0.39, 0.29) is 11.5 Å². The van der Waals surface area contributed by atoms with Gasteiger partial charge in [-0.3, -0.25) is 0 Å². The molecule has 0 fully saturated rings. The number of rotatable bonds is 13. The van der Waals surface area contributed by atoms with Crippen LogP contribution in [0, 0.1) is 0 Å². The summed E-state index contributed by atoms with van der Waals surface area (Å²) < 4.78 is 0.763. The first-order chi connectivity index (χ1) is 13.6. The summed E-state index contributed by atoms with van der Waals surface area (Å²) in [7, 11) is 1.03. The second-order valence-electron chi connectivity index (χ2n) is 6.71. The van der Waals surface area contributed by atoms with Crippen molar-refractivity contribution in [2.24, 2.45) is 5.10 Å². The fourth-order valence-electron chi connectivity index (χ4n) is 2.82. The lowest BCUT2D eigenvalue weighted by atomic mass is 10.1. The second kappa shape index (κ2) is 14.0. The molecule has 9 heteroatoms. The number of phenolic OH excluding ortho intramolecular Hbond substituents is 2. The molecule has 0 saturated heterocycles. The highest BCUT2D eigenvalue weighted by Crippen LogP contribution is 2.41. The Kier molecular flexibility index (Phi) is 12.1. The smallest absolute Gasteiger partial charge is 0.168 e. The first kappa shape index (κ1) is 24.2. The van der Waals surface area contributed by atoms with Crippen molar-refractivity contribution in [3.05, 3.63) is 12.1 Å². The van der Waals surface area contributed by atoms with Crippen LogP contribution in [0.5, 0.6) is 11.5 Å². The predicted octanol–water partition coefficient (Wildman–Crippen LogP) is 6.72. The minimum Gasteiger partial charge on any atom is -0.507 e. The molecule has 2 rings (SSSR count). The number of nitrogens with one attached hydrogen (secondary N) is 1. The van der Waals surface area contributed by atoms with Gasteiger partial charge < -0.3 is 10.2 Å². The Morgan fingerprint density at radius 3 is 2.14 bits per heavy atom. The molecule has 1 atom stereocenters. The zero-order valence-electron chi connectivity index (χ0n) is 16.3. The number of benzene rings is 1. The van der Waals surface area contributed by atoms with Gasteiger partial charge in [0.05, 0.1) is 18.5 Å². The van der Waals surface area contributed by atoms with E-state index in [1.165, 1.54) is 80.3 Å². The minimum atomic E-state index is -0.427. The summed E-state index contributed by atoms with van der Waals surface area (Å²) in [5, 5.41) is 24.7. The number of unbranched alkanes of at least 4 members (excludes halogenated alkanes) is 9. The highest BCUT2D eigenvalue weighted by Gasteiger charge is 2.17. The van der Waals surface area contributed by atoms with Crippen molar-refractivity contribution in [3.8, 4) is 11.5 Å². The number of hydrazone groups is 1. The molecule has 158 valence electrons. The average Bonchev–Trinajstić information content (AvgIpc) is 3.08. The maximum absolute atomic E-state index is 10.3. The third-order valence-electron chi connectivity index (χ3n) is 4.35. The molecule has 1 aromatic rings. The fraction of sp³-hybridized carbons (Fsp3) is 0.632. The van der Waals surface area contributed by atoms with Gasteiger partial charge in [-0.25, -0.2) is 4.83 Å². The Morgan fingerprint density at radius 2 is 1.54 bits per heavy atom. The van der Waals surface area contributed by atoms with Gasteiger partial charge in [-0.15, -0.1) is 11.8 Å². The van der Waals surface area contributed by atoms with Gasteiger partial charge in [0.25, 0.3) is 0 Å². The summed E-state index contributed by atoms with van der Waals surface area (Å²) in [6.45, 7) is 2.26. The van der Waals surface area contributed by atoms with Crippen LogP contribution >= 0.6 is 34.3 Å². The van der Waals surface area contributed by atoms with Gasteiger partial charge in [0.2, 0.25) is 0 Å². The summed E-state index contributed by atoms with van der Waals surface area (Å²) in [5.41, 5.74) is 0. The molecular formula is C19H30N2O2S5. The lowest BCUT2D eigenvalue weighted by Gasteiger charge is -2.09. The molecule has 0 spiro atoms. The third kappa shape index (κ3) is 9.15. The summed E-state index contributed by atoms with van der Waals surface area (Å²) in [6.07, 6.45) is 13.2. The molecule has 1 heterocycles. The molecule has 0 saturated carbocycles. The van der Waals surface area contributed by atoms with Crippen molar-refractivity contribution >= 4 is 58.6 Å². The van der Waals surface area contributed by atoms with Crippen LogP contribution < -0.4 is 4.83 Å². The van der Waals surface area contributed by atoms with E-state index in [1.807, 2.05) is 0 Å². The highest BCUT2D eigenvalue weighted by atomic mass is 33.3. The zero-order chi connectivity index (χ0) is 20.2. The molecule has 0 bridgehead atoms. The lowest BCUT2D eigenvalue weighted by Crippen LogP contribution is -1.95. The number of phenols is 2. The number of thioether (sulfide) groups is 2. The summed E-state index contributed by atoms with van der Waals surface area (Å²) >= 11 is 8.05. The number of hydrogen-bond donors (Lipinski definition) is 3. The van der Waals surface area contributed by atoms with Gasteiger partial charge >= 0.3 is 0 Å². The molecule has 1 aromatic carbocycles. The van der Waals surface area contributed by atoms with Crippen molar-refractivity contribution in [1.29, 1.82) is 0 Å². The molecule has 0 radical (unpaired) electrons. The fourth-order valence-corrected chi connectivity index (χ4v) is 8.06. The quantitative estimate of drug-likeness (QED) is 0.126. The van der Waals surface area contributed by atoms with Gasteiger partial charge in [0.15, 0.2) is 4.38 Å². The largest absolute Gasteiger partial charge is 0.507 e. The van der Waals surface area contributed by atoms with E-state index in [4.69, 9.17) is 11.2 Å². The van der Waals surface area contributed by atoms with E-state index in [1.54, 1.807) is 23.9 Å². The molecule has 0 aromatic heterocycles. The summed E-state index contributed by atoms with van der Waals surface area (Å²) in [6, 6.07) is 3.27. The van der Waals surface area contributed by atoms with Crippen LogP contribution in [0.15, 0.2) is 27.0 Å². The van der Waals surface area contributed by atoms with E-state index >= 15 is 0 Å². The van der Waals surface area contributed by atoms with E-state index in [2.05, 4.69) is 16.9 Å². The van der Waals surface area contributed by atoms with Gasteiger partial charge in [-0.2, -0.15) is 5.10 Å². The molecule has 28 heavy (non-hydrogen) atoms. The zero-order valence-corrected chi connectivity index (χ0v) is 20.4. The van der Waals surface area contributed by atoms with Crippen molar-refractivity contribution < 1.29 is 10.2 Å². The van der Waals surface area contributed by atoms with E-state index < -0.39 is 8.67 Å². The topological polar surface area (TPSA) is 64.9 Å². The van der Waals surface area contributed by atoms with Crippen LogP contribution in [0.1, 0.15) is 71.1 Å². The van der Waals surface area contributed by atoms with Crippen LogP contribution in [-0.4, -0.2) is 20.3 Å². The first-order valence-corrected chi connectivity index (χ1v) is 15.2. The van der Waals surface area contributed by atoms with Gasteiger partial charge in [-0.1, -0.05) is 76.5 Å². The summed E-state index contributed by atoms with van der Waals surface area (Å²) in [5.74, 6) is 1.35. The van der Waals surface area contributed by atoms with Crippen LogP contribution in [0.4, 0.5) is 0 Å². The molecule has 0 amide bonds. The number of hydrogen-bond acceptors (Lipinski definition) is 7. The normalized spacial score (nSPS) is 16.2. The Morgan fingerprint density at radius 1 is 0.964 bits per heavy atom. The molecule has 1 aliphatic heterocycles. The third-order valence-corrected chi connectivity index (χ3v) is 9.72. The van der Waals surface area contributed by atoms with Crippen molar-refractivity contribution in [2.75, 3.05) is 5.75 Å². The monoisotopic (exact) mass is 478 g/mol. The van der Waals surface area contributed by atoms with Crippen molar-refractivity contribution in [1.82, 2.24) is 4.83 Å². The molecule has 1 unspecified atom stereocenters. The van der Waals surface area contributed by atoms with Crippen molar-refractivity contribution in [3.63, 3.8) is 0 Å². The lowest BCUT2D eigenvalue weighted by molar-refractivity contribution is 0.439. The van der Waals surface area contributed by atoms with Gasteiger partial charge in [0, 0.05) is 0 Å². The van der Waals surface area contributed by atoms with E-state index in [0.29, 0.717) is 4.90 Å². The maximum atomic E-state index is 10.3. The Labute approximate surface area is 188 Å². The van der Waals surface area contributed by atoms with Crippen molar-refractivity contribution in [2.45, 2.75) is 80.9 Å². The average molecular weight is 479 g/mol. The summed E-state index contributed by atoms with van der Waals surface area (Å²) in [4.78, 5) is 4.16. The maximum Gasteiger partial charge on any atom is 0.168 e. The number of nitrogens with zero attached hydrogens (tertiary/aromatic N) is 1. The van der Waals surface area contributed by atoms with E-state index in [0.717, 1.165) is 21.4 Å². The number of aromatic hydroxyl groups is 2. The first-order valence-electron chi connectivity index (χ1n) is 9.90. The standard InChI is InChI=1S/C19H30N2O2S5/c1-2-3-4-5-6-7-8-9-10-11-12-25-17-13-16(23)18(14-15(17)22)26-19-20-21-28(24)27-19/h13-14,21-23H,2-12H2,1H3. The van der Waals surface area contributed by atoms with Crippen LogP contribution in [0.25, 0.3) is 0 Å². The van der Waals surface area contributed by atoms with Crippen LogP contribution in [0.2, 0.25) is 0 Å². The Bertz CT molecular complexity index is 670. The Hall–Kier alpha value is -0.0900. The molecule has 3 N–H and O–H groups in total. The highest BCUT2D eigenvalue weighted by molar-refractivity contribution is 8.90. The SMILES string of the molecule is CCCCCCCCCCCCSc1cc(O)c(SC2=NNS(=S)S2)cc1O. The minimum absolute atomic E-state index is 0.174.